The van der Waals surface area contributed by atoms with E-state index in [0.29, 0.717) is 18.9 Å². The molecule has 0 aliphatic heterocycles. The van der Waals surface area contributed by atoms with E-state index in [1.165, 1.54) is 12.7 Å². The predicted molar refractivity (Wildman–Crippen MR) is 69.0 cm³/mol. The van der Waals surface area contributed by atoms with E-state index in [0.717, 1.165) is 5.56 Å². The van der Waals surface area contributed by atoms with E-state index < -0.39 is 0 Å². The van der Waals surface area contributed by atoms with Gasteiger partial charge in [-0.05, 0) is 23.6 Å². The van der Waals surface area contributed by atoms with Gasteiger partial charge >= 0.3 is 5.97 Å². The Morgan fingerprint density at radius 1 is 1.29 bits per heavy atom. The molecule has 94 valence electrons. The number of hydrogen-bond acceptors (Lipinski definition) is 3. The standard InChI is InChI=1S/C14H21NO2/c1-10(2)12-6-4-5-7-13(12)11(9-15)8-14(16)17-3/h4-7,10-11H,8-9,15H2,1-3H3. The minimum Gasteiger partial charge on any atom is -0.469 e. The fraction of sp³-hybridized carbons (Fsp3) is 0.500. The van der Waals surface area contributed by atoms with Crippen molar-refractivity contribution in [1.82, 2.24) is 0 Å². The van der Waals surface area contributed by atoms with Crippen LogP contribution in [-0.2, 0) is 9.53 Å². The fourth-order valence-electron chi connectivity index (χ4n) is 2.01. The fourth-order valence-corrected chi connectivity index (χ4v) is 2.01. The SMILES string of the molecule is COC(=O)CC(CN)c1ccccc1C(C)C. The molecule has 0 spiro atoms. The molecule has 1 aromatic rings. The van der Waals surface area contributed by atoms with Gasteiger partial charge in [-0.25, -0.2) is 0 Å². The first-order valence-corrected chi connectivity index (χ1v) is 5.95. The number of carbonyl (C=O) groups is 1. The minimum absolute atomic E-state index is 0.0426. The Hall–Kier alpha value is -1.35. The van der Waals surface area contributed by atoms with E-state index in [-0.39, 0.29) is 11.9 Å². The maximum absolute atomic E-state index is 11.4. The van der Waals surface area contributed by atoms with Gasteiger partial charge in [0.25, 0.3) is 0 Å². The third kappa shape index (κ3) is 3.56. The molecule has 0 fully saturated rings. The molecule has 1 unspecified atom stereocenters. The number of nitrogens with two attached hydrogens (primary N) is 1. The van der Waals surface area contributed by atoms with Crippen LogP contribution in [0.5, 0.6) is 0 Å². The molecule has 0 aliphatic carbocycles. The van der Waals surface area contributed by atoms with Crippen LogP contribution in [0, 0.1) is 0 Å². The van der Waals surface area contributed by atoms with Crippen molar-refractivity contribution >= 4 is 5.97 Å². The Balaban J connectivity index is 2.98. The molecule has 2 N–H and O–H groups in total. The average Bonchev–Trinajstić information content (AvgIpc) is 2.35. The molecule has 17 heavy (non-hydrogen) atoms. The Labute approximate surface area is 103 Å². The van der Waals surface area contributed by atoms with Crippen LogP contribution in [0.25, 0.3) is 0 Å². The van der Waals surface area contributed by atoms with Gasteiger partial charge in [-0.3, -0.25) is 4.79 Å². The summed E-state index contributed by atoms with van der Waals surface area (Å²) in [7, 11) is 1.41. The first kappa shape index (κ1) is 13.7. The lowest BCUT2D eigenvalue weighted by Gasteiger charge is -2.19. The molecule has 0 saturated heterocycles. The molecule has 1 aromatic carbocycles. The Morgan fingerprint density at radius 3 is 2.35 bits per heavy atom. The lowest BCUT2D eigenvalue weighted by molar-refractivity contribution is -0.141. The molecule has 0 amide bonds. The number of esters is 1. The van der Waals surface area contributed by atoms with Crippen LogP contribution in [0.3, 0.4) is 0 Å². The molecule has 0 saturated carbocycles. The van der Waals surface area contributed by atoms with Gasteiger partial charge in [0, 0.05) is 5.92 Å². The molecule has 0 aliphatic rings. The molecule has 3 nitrogen and oxygen atoms in total. The number of rotatable bonds is 5. The largest absolute Gasteiger partial charge is 0.469 e. The van der Waals surface area contributed by atoms with Crippen molar-refractivity contribution in [2.24, 2.45) is 5.73 Å². The van der Waals surface area contributed by atoms with Crippen molar-refractivity contribution in [3.63, 3.8) is 0 Å². The predicted octanol–water partition coefficient (Wildman–Crippen LogP) is 2.42. The van der Waals surface area contributed by atoms with Crippen molar-refractivity contribution in [2.75, 3.05) is 13.7 Å². The quantitative estimate of drug-likeness (QED) is 0.797. The van der Waals surface area contributed by atoms with Crippen molar-refractivity contribution in [2.45, 2.75) is 32.1 Å². The van der Waals surface area contributed by atoms with Gasteiger partial charge < -0.3 is 10.5 Å². The van der Waals surface area contributed by atoms with Gasteiger partial charge in [0.2, 0.25) is 0 Å². The number of methoxy groups -OCH3 is 1. The summed E-state index contributed by atoms with van der Waals surface area (Å²) < 4.78 is 4.71. The van der Waals surface area contributed by atoms with Gasteiger partial charge in [-0.1, -0.05) is 38.1 Å². The van der Waals surface area contributed by atoms with Crippen molar-refractivity contribution in [1.29, 1.82) is 0 Å². The minimum atomic E-state index is -0.209. The highest BCUT2D eigenvalue weighted by Gasteiger charge is 2.18. The van der Waals surface area contributed by atoms with Crippen LogP contribution < -0.4 is 5.73 Å². The molecule has 0 heterocycles. The van der Waals surface area contributed by atoms with Crippen LogP contribution in [0.2, 0.25) is 0 Å². The van der Waals surface area contributed by atoms with E-state index in [9.17, 15) is 4.79 Å². The lowest BCUT2D eigenvalue weighted by atomic mass is 9.87. The summed E-state index contributed by atoms with van der Waals surface area (Å²) in [6.07, 6.45) is 0.344. The number of hydrogen-bond donors (Lipinski definition) is 1. The van der Waals surface area contributed by atoms with Crippen LogP contribution in [-0.4, -0.2) is 19.6 Å². The maximum atomic E-state index is 11.4. The molecule has 3 heteroatoms. The zero-order valence-corrected chi connectivity index (χ0v) is 10.8. The van der Waals surface area contributed by atoms with E-state index in [1.807, 2.05) is 12.1 Å². The summed E-state index contributed by atoms with van der Waals surface area (Å²) in [5.41, 5.74) is 8.19. The summed E-state index contributed by atoms with van der Waals surface area (Å²) in [6, 6.07) is 8.15. The molecular weight excluding hydrogens is 214 g/mol. The molecular formula is C14H21NO2. The zero-order valence-electron chi connectivity index (χ0n) is 10.8. The lowest BCUT2D eigenvalue weighted by Crippen LogP contribution is -2.18. The first-order chi connectivity index (χ1) is 8.10. The second-order valence-electron chi connectivity index (χ2n) is 4.50. The number of carbonyl (C=O) groups excluding carboxylic acids is 1. The molecule has 0 aromatic heterocycles. The second-order valence-corrected chi connectivity index (χ2v) is 4.50. The van der Waals surface area contributed by atoms with Crippen molar-refractivity contribution in [3.05, 3.63) is 35.4 Å². The summed E-state index contributed by atoms with van der Waals surface area (Å²) in [5, 5.41) is 0. The van der Waals surface area contributed by atoms with Crippen LogP contribution in [0.15, 0.2) is 24.3 Å². The zero-order chi connectivity index (χ0) is 12.8. The molecule has 0 radical (unpaired) electrons. The summed E-state index contributed by atoms with van der Waals surface area (Å²) >= 11 is 0. The third-order valence-corrected chi connectivity index (χ3v) is 2.98. The highest BCUT2D eigenvalue weighted by molar-refractivity contribution is 5.70. The molecule has 0 bridgehead atoms. The first-order valence-electron chi connectivity index (χ1n) is 5.95. The molecule has 1 atom stereocenters. The molecule has 1 rings (SSSR count). The number of benzene rings is 1. The third-order valence-electron chi connectivity index (χ3n) is 2.98. The topological polar surface area (TPSA) is 52.3 Å². The van der Waals surface area contributed by atoms with Crippen LogP contribution in [0.4, 0.5) is 0 Å². The van der Waals surface area contributed by atoms with Gasteiger partial charge in [0.1, 0.15) is 0 Å². The Morgan fingerprint density at radius 2 is 1.88 bits per heavy atom. The van der Waals surface area contributed by atoms with E-state index >= 15 is 0 Å². The van der Waals surface area contributed by atoms with Gasteiger partial charge in [0.05, 0.1) is 13.5 Å². The Kier molecular flexibility index (Phi) is 5.16. The van der Waals surface area contributed by atoms with Gasteiger partial charge in [-0.2, -0.15) is 0 Å². The van der Waals surface area contributed by atoms with Crippen LogP contribution in [0.1, 0.15) is 43.2 Å². The summed E-state index contributed by atoms with van der Waals surface area (Å²) in [4.78, 5) is 11.4. The smallest absolute Gasteiger partial charge is 0.306 e. The highest BCUT2D eigenvalue weighted by Crippen LogP contribution is 2.27. The monoisotopic (exact) mass is 235 g/mol. The average molecular weight is 235 g/mol. The van der Waals surface area contributed by atoms with E-state index in [2.05, 4.69) is 26.0 Å². The Bertz CT molecular complexity index is 374. The van der Waals surface area contributed by atoms with Gasteiger partial charge in [-0.15, -0.1) is 0 Å². The summed E-state index contributed by atoms with van der Waals surface area (Å²) in [6.45, 7) is 4.74. The van der Waals surface area contributed by atoms with Crippen LogP contribution >= 0.6 is 0 Å². The number of ether oxygens (including phenoxy) is 1. The van der Waals surface area contributed by atoms with Crippen molar-refractivity contribution < 1.29 is 9.53 Å². The highest BCUT2D eigenvalue weighted by atomic mass is 16.5. The van der Waals surface area contributed by atoms with E-state index in [4.69, 9.17) is 10.5 Å². The normalized spacial score (nSPS) is 12.5. The van der Waals surface area contributed by atoms with Crippen molar-refractivity contribution in [3.8, 4) is 0 Å². The second kappa shape index (κ2) is 6.40. The summed E-state index contributed by atoms with van der Waals surface area (Å²) in [5.74, 6) is 0.262. The van der Waals surface area contributed by atoms with E-state index in [1.54, 1.807) is 0 Å². The van der Waals surface area contributed by atoms with Gasteiger partial charge in [0.15, 0.2) is 0 Å². The maximum Gasteiger partial charge on any atom is 0.306 e.